The second kappa shape index (κ2) is 9.07. The number of rotatable bonds is 5. The molecule has 3 rings (SSSR count). The molecule has 1 aromatic carbocycles. The van der Waals surface area contributed by atoms with Crippen molar-refractivity contribution in [2.75, 3.05) is 33.2 Å². The summed E-state index contributed by atoms with van der Waals surface area (Å²) in [6.07, 6.45) is 0. The minimum Gasteiger partial charge on any atom is -0.454 e. The second-order valence-corrected chi connectivity index (χ2v) is 6.90. The largest absolute Gasteiger partial charge is 0.454 e. The van der Waals surface area contributed by atoms with Crippen molar-refractivity contribution in [3.63, 3.8) is 0 Å². The zero-order chi connectivity index (χ0) is 20.1. The first kappa shape index (κ1) is 20.2. The molecule has 0 bridgehead atoms. The number of nitrogens with zero attached hydrogens (tertiary/aromatic N) is 3. The molecule has 2 heterocycles. The van der Waals surface area contributed by atoms with Crippen molar-refractivity contribution in [2.45, 2.75) is 13.1 Å². The van der Waals surface area contributed by atoms with Gasteiger partial charge in [-0.05, 0) is 24.3 Å². The predicted molar refractivity (Wildman–Crippen MR) is 106 cm³/mol. The normalized spacial score (nSPS) is 15.7. The van der Waals surface area contributed by atoms with Gasteiger partial charge in [-0.2, -0.15) is 0 Å². The van der Waals surface area contributed by atoms with Crippen molar-refractivity contribution in [2.24, 2.45) is 10.7 Å². The molecule has 7 nitrogen and oxygen atoms in total. The highest BCUT2D eigenvalue weighted by molar-refractivity contribution is 6.31. The summed E-state index contributed by atoms with van der Waals surface area (Å²) >= 11 is 6.13. The van der Waals surface area contributed by atoms with Crippen LogP contribution in [0.2, 0.25) is 5.02 Å². The number of halogens is 2. The Labute approximate surface area is 167 Å². The lowest BCUT2D eigenvalue weighted by molar-refractivity contribution is 0.0972. The summed E-state index contributed by atoms with van der Waals surface area (Å²) in [5.41, 5.74) is 5.72. The first-order valence-corrected chi connectivity index (χ1v) is 9.35. The van der Waals surface area contributed by atoms with Crippen LogP contribution in [0, 0.1) is 5.82 Å². The van der Waals surface area contributed by atoms with E-state index < -0.39 is 5.91 Å². The van der Waals surface area contributed by atoms with Crippen LogP contribution in [0.5, 0.6) is 0 Å². The van der Waals surface area contributed by atoms with E-state index in [4.69, 9.17) is 21.8 Å². The van der Waals surface area contributed by atoms with Gasteiger partial charge in [0.15, 0.2) is 11.7 Å². The molecule has 1 aliphatic rings. The fourth-order valence-electron chi connectivity index (χ4n) is 3.13. The molecule has 9 heteroatoms. The molecular formula is C19H23ClFN5O2. The number of amides is 1. The van der Waals surface area contributed by atoms with Gasteiger partial charge in [0.2, 0.25) is 0 Å². The first-order chi connectivity index (χ1) is 13.5. The van der Waals surface area contributed by atoms with E-state index >= 15 is 0 Å². The number of aliphatic imine (C=N–C) groups is 1. The number of hydrogen-bond acceptors (Lipinski definition) is 4. The zero-order valence-corrected chi connectivity index (χ0v) is 16.4. The van der Waals surface area contributed by atoms with Gasteiger partial charge >= 0.3 is 0 Å². The van der Waals surface area contributed by atoms with Crippen LogP contribution in [0.1, 0.15) is 21.9 Å². The SMILES string of the molecule is CN=C(NCc1ccc(C(N)=O)o1)N1CCN(Cc2c(F)cccc2Cl)CC1. The van der Waals surface area contributed by atoms with Crippen molar-refractivity contribution in [1.82, 2.24) is 15.1 Å². The van der Waals surface area contributed by atoms with Gasteiger partial charge in [-0.3, -0.25) is 14.7 Å². The van der Waals surface area contributed by atoms with E-state index in [0.29, 0.717) is 29.4 Å². The number of hydrogen-bond donors (Lipinski definition) is 2. The quantitative estimate of drug-likeness (QED) is 0.585. The van der Waals surface area contributed by atoms with E-state index in [9.17, 15) is 9.18 Å². The summed E-state index contributed by atoms with van der Waals surface area (Å²) in [6, 6.07) is 8.01. The highest BCUT2D eigenvalue weighted by Crippen LogP contribution is 2.21. The number of piperazine rings is 1. The third-order valence-electron chi connectivity index (χ3n) is 4.65. The van der Waals surface area contributed by atoms with E-state index in [1.54, 1.807) is 31.3 Å². The molecule has 0 atom stereocenters. The van der Waals surface area contributed by atoms with E-state index in [2.05, 4.69) is 20.1 Å². The number of carbonyl (C=O) groups is 1. The Morgan fingerprint density at radius 3 is 2.64 bits per heavy atom. The first-order valence-electron chi connectivity index (χ1n) is 8.97. The molecule has 1 aromatic heterocycles. The molecule has 1 aliphatic heterocycles. The van der Waals surface area contributed by atoms with Crippen LogP contribution in [0.4, 0.5) is 4.39 Å². The number of benzene rings is 1. The Kier molecular flexibility index (Phi) is 6.53. The molecule has 0 saturated carbocycles. The molecule has 0 unspecified atom stereocenters. The smallest absolute Gasteiger partial charge is 0.284 e. The molecule has 1 amide bonds. The van der Waals surface area contributed by atoms with Crippen molar-refractivity contribution < 1.29 is 13.6 Å². The molecule has 0 spiro atoms. The molecule has 1 saturated heterocycles. The Hall–Kier alpha value is -2.58. The van der Waals surface area contributed by atoms with E-state index in [1.165, 1.54) is 6.07 Å². The Balaban J connectivity index is 1.52. The fourth-order valence-corrected chi connectivity index (χ4v) is 3.35. The monoisotopic (exact) mass is 407 g/mol. The minimum absolute atomic E-state index is 0.132. The lowest BCUT2D eigenvalue weighted by atomic mass is 10.2. The van der Waals surface area contributed by atoms with Crippen molar-refractivity contribution in [3.05, 3.63) is 58.3 Å². The van der Waals surface area contributed by atoms with Gasteiger partial charge in [0.25, 0.3) is 5.91 Å². The second-order valence-electron chi connectivity index (χ2n) is 6.49. The van der Waals surface area contributed by atoms with Crippen molar-refractivity contribution >= 4 is 23.5 Å². The molecule has 2 aromatic rings. The average Bonchev–Trinajstić information content (AvgIpc) is 3.16. The van der Waals surface area contributed by atoms with Crippen molar-refractivity contribution in [1.29, 1.82) is 0 Å². The highest BCUT2D eigenvalue weighted by atomic mass is 35.5. The third kappa shape index (κ3) is 4.82. The summed E-state index contributed by atoms with van der Waals surface area (Å²) in [6.45, 7) is 3.89. The predicted octanol–water partition coefficient (Wildman–Crippen LogP) is 2.06. The van der Waals surface area contributed by atoms with E-state index in [-0.39, 0.29) is 11.6 Å². The molecule has 150 valence electrons. The van der Waals surface area contributed by atoms with Gasteiger partial charge in [-0.1, -0.05) is 17.7 Å². The minimum atomic E-state index is -0.596. The van der Waals surface area contributed by atoms with Crippen LogP contribution < -0.4 is 11.1 Å². The van der Waals surface area contributed by atoms with Gasteiger partial charge in [-0.15, -0.1) is 0 Å². The average molecular weight is 408 g/mol. The number of carbonyl (C=O) groups excluding carboxylic acids is 1. The van der Waals surface area contributed by atoms with Gasteiger partial charge in [-0.25, -0.2) is 4.39 Å². The van der Waals surface area contributed by atoms with Crippen molar-refractivity contribution in [3.8, 4) is 0 Å². The lowest BCUT2D eigenvalue weighted by Gasteiger charge is -2.36. The fraction of sp³-hybridized carbons (Fsp3) is 0.368. The summed E-state index contributed by atoms with van der Waals surface area (Å²) < 4.78 is 19.4. The zero-order valence-electron chi connectivity index (χ0n) is 15.6. The molecule has 0 radical (unpaired) electrons. The molecule has 28 heavy (non-hydrogen) atoms. The molecule has 0 aliphatic carbocycles. The van der Waals surface area contributed by atoms with Crippen LogP contribution in [-0.4, -0.2) is 54.9 Å². The summed E-state index contributed by atoms with van der Waals surface area (Å²) in [5, 5.41) is 3.67. The summed E-state index contributed by atoms with van der Waals surface area (Å²) in [7, 11) is 1.71. The van der Waals surface area contributed by atoms with Crippen LogP contribution in [0.25, 0.3) is 0 Å². The van der Waals surface area contributed by atoms with Crippen LogP contribution in [0.3, 0.4) is 0 Å². The number of furan rings is 1. The van der Waals surface area contributed by atoms with Gasteiger partial charge in [0, 0.05) is 50.4 Å². The maximum atomic E-state index is 14.0. The number of nitrogens with one attached hydrogen (secondary N) is 1. The highest BCUT2D eigenvalue weighted by Gasteiger charge is 2.21. The van der Waals surface area contributed by atoms with Crippen LogP contribution in [0.15, 0.2) is 39.7 Å². The van der Waals surface area contributed by atoms with E-state index in [0.717, 1.165) is 32.1 Å². The third-order valence-corrected chi connectivity index (χ3v) is 5.01. The number of primary amides is 1. The summed E-state index contributed by atoms with van der Waals surface area (Å²) in [5.74, 6) is 0.596. The van der Waals surface area contributed by atoms with Gasteiger partial charge in [0.1, 0.15) is 11.6 Å². The maximum Gasteiger partial charge on any atom is 0.284 e. The number of nitrogens with two attached hydrogens (primary N) is 1. The summed E-state index contributed by atoms with van der Waals surface area (Å²) in [4.78, 5) is 19.7. The van der Waals surface area contributed by atoms with E-state index in [1.807, 2.05) is 0 Å². The molecule has 3 N–H and O–H groups in total. The molecular weight excluding hydrogens is 385 g/mol. The topological polar surface area (TPSA) is 87.1 Å². The molecule has 1 fully saturated rings. The van der Waals surface area contributed by atoms with Gasteiger partial charge < -0.3 is 20.4 Å². The van der Waals surface area contributed by atoms with Crippen LogP contribution >= 0.6 is 11.6 Å². The number of guanidine groups is 1. The maximum absolute atomic E-state index is 14.0. The Morgan fingerprint density at radius 1 is 1.29 bits per heavy atom. The lowest BCUT2D eigenvalue weighted by Crippen LogP contribution is -2.52. The standard InChI is InChI=1S/C19H23ClFN5O2/c1-23-19(24-11-13-5-6-17(28-13)18(22)27)26-9-7-25(8-10-26)12-14-15(20)3-2-4-16(14)21/h2-6H,7-12H2,1H3,(H2,22,27)(H,23,24). The Morgan fingerprint density at radius 2 is 2.04 bits per heavy atom. The van der Waals surface area contributed by atoms with Gasteiger partial charge in [0.05, 0.1) is 6.54 Å². The van der Waals surface area contributed by atoms with Crippen LogP contribution in [-0.2, 0) is 13.1 Å². The Bertz CT molecular complexity index is 842.